The van der Waals surface area contributed by atoms with Crippen LogP contribution in [0.3, 0.4) is 0 Å². The molecule has 5 rings (SSSR count). The van der Waals surface area contributed by atoms with Crippen LogP contribution in [0.25, 0.3) is 0 Å². The Morgan fingerprint density at radius 3 is 0.773 bits per heavy atom. The summed E-state index contributed by atoms with van der Waals surface area (Å²) in [5, 5.41) is 10.4. The van der Waals surface area contributed by atoms with Gasteiger partial charge in [-0.05, 0) is 51.4 Å². The lowest BCUT2D eigenvalue weighted by molar-refractivity contribution is -0.143. The Morgan fingerprint density at radius 2 is 0.568 bits per heavy atom. The second kappa shape index (κ2) is 13.6. The second-order valence-corrected chi connectivity index (χ2v) is 11.9. The summed E-state index contributed by atoms with van der Waals surface area (Å²) in [5.41, 5.74) is 0. The minimum absolute atomic E-state index is 0.319. The fourth-order valence-corrected chi connectivity index (χ4v) is 6.88. The topological polar surface area (TPSA) is 198 Å². The lowest BCUT2D eigenvalue weighted by Gasteiger charge is -2.28. The van der Waals surface area contributed by atoms with Crippen molar-refractivity contribution in [3.8, 4) is 0 Å². The van der Waals surface area contributed by atoms with Crippen LogP contribution in [0.15, 0.2) is 0 Å². The molecule has 0 aromatic heterocycles. The van der Waals surface area contributed by atoms with E-state index in [0.717, 1.165) is 0 Å². The molecule has 0 saturated carbocycles. The number of rotatable bonds is 0. The molecule has 0 bridgehead atoms. The van der Waals surface area contributed by atoms with E-state index in [2.05, 4.69) is 21.3 Å². The van der Waals surface area contributed by atoms with Crippen molar-refractivity contribution in [1.29, 1.82) is 0 Å². The standard InChI is InChI=1S/C28H40N8O8/c37-21-13-30-26(42)18-6-2-11-35(18)23(39)15-32-28(44)20-8-4-12-36(20)24(40)16-31-27(43)19-7-3-10-34(19)22(38)14-29-25(41)17-5-1-9-33(17)21/h17-20H,1-16H2,(H,29,41)(H,30,42)(H,31,43)(H,32,44)/t17-,18-,19+,20+. The highest BCUT2D eigenvalue weighted by molar-refractivity contribution is 5.97. The van der Waals surface area contributed by atoms with Crippen LogP contribution in [-0.2, 0) is 38.4 Å². The van der Waals surface area contributed by atoms with E-state index in [9.17, 15) is 38.4 Å². The Kier molecular flexibility index (Phi) is 9.64. The molecule has 44 heavy (non-hydrogen) atoms. The zero-order chi connectivity index (χ0) is 31.4. The first kappa shape index (κ1) is 31.2. The highest BCUT2D eigenvalue weighted by Gasteiger charge is 2.40. The number of hydrogen-bond acceptors (Lipinski definition) is 8. The Hall–Kier alpha value is -4.24. The van der Waals surface area contributed by atoms with Crippen molar-refractivity contribution in [2.45, 2.75) is 75.5 Å². The minimum atomic E-state index is -0.802. The van der Waals surface area contributed by atoms with E-state index in [1.165, 1.54) is 19.6 Å². The Balaban J connectivity index is 1.31. The third-order valence-electron chi connectivity index (χ3n) is 9.16. The predicted molar refractivity (Wildman–Crippen MR) is 151 cm³/mol. The van der Waals surface area contributed by atoms with Gasteiger partial charge in [0, 0.05) is 26.2 Å². The van der Waals surface area contributed by atoms with Gasteiger partial charge in [0.05, 0.1) is 26.2 Å². The van der Waals surface area contributed by atoms with Gasteiger partial charge in [0.25, 0.3) is 0 Å². The smallest absolute Gasteiger partial charge is 0.243 e. The van der Waals surface area contributed by atoms with Crippen LogP contribution < -0.4 is 21.3 Å². The molecule has 5 aliphatic rings. The molecule has 0 aliphatic carbocycles. The lowest BCUT2D eigenvalue weighted by atomic mass is 10.2. The SMILES string of the molecule is O=C1NCC(=O)N2CCC[C@H]2C(=O)NCC(=O)N2CCC[C@H]2C(=O)NCC(=O)N2CCC[C@@H]2C(=O)NCC(=O)N2CCC[C@H]12. The van der Waals surface area contributed by atoms with Gasteiger partial charge < -0.3 is 40.9 Å². The van der Waals surface area contributed by atoms with Gasteiger partial charge in [-0.25, -0.2) is 0 Å². The molecule has 0 unspecified atom stereocenters. The molecule has 5 aliphatic heterocycles. The summed E-state index contributed by atoms with van der Waals surface area (Å²) in [6, 6.07) is -3.21. The molecule has 16 heteroatoms. The molecule has 240 valence electrons. The summed E-state index contributed by atoms with van der Waals surface area (Å²) in [6.45, 7) is -0.139. The van der Waals surface area contributed by atoms with E-state index >= 15 is 0 Å². The van der Waals surface area contributed by atoms with E-state index in [4.69, 9.17) is 0 Å². The summed E-state index contributed by atoms with van der Waals surface area (Å²) in [5.74, 6) is -3.79. The molecule has 4 N–H and O–H groups in total. The average Bonchev–Trinajstić information content (AvgIpc) is 3.84. The summed E-state index contributed by atoms with van der Waals surface area (Å²) in [4.78, 5) is 110. The first-order chi connectivity index (χ1) is 21.2. The highest BCUT2D eigenvalue weighted by atomic mass is 16.2. The maximum Gasteiger partial charge on any atom is 0.243 e. The van der Waals surface area contributed by atoms with Crippen molar-refractivity contribution in [3.05, 3.63) is 0 Å². The molecule has 0 spiro atoms. The van der Waals surface area contributed by atoms with Crippen molar-refractivity contribution in [3.63, 3.8) is 0 Å². The minimum Gasteiger partial charge on any atom is -0.345 e. The van der Waals surface area contributed by atoms with Crippen LogP contribution in [0.2, 0.25) is 0 Å². The van der Waals surface area contributed by atoms with Crippen molar-refractivity contribution in [2.24, 2.45) is 0 Å². The van der Waals surface area contributed by atoms with E-state index in [-0.39, 0.29) is 26.2 Å². The molecule has 5 heterocycles. The Labute approximate surface area is 254 Å². The highest BCUT2D eigenvalue weighted by Crippen LogP contribution is 2.21. The average molecular weight is 617 g/mol. The van der Waals surface area contributed by atoms with Gasteiger partial charge in [0.1, 0.15) is 24.2 Å². The molecule has 4 atom stereocenters. The van der Waals surface area contributed by atoms with E-state index in [1.54, 1.807) is 0 Å². The fraction of sp³-hybridized carbons (Fsp3) is 0.714. The normalized spacial score (nSPS) is 30.2. The summed E-state index contributed by atoms with van der Waals surface area (Å²) in [6.07, 6.45) is 3.91. The molecule has 5 saturated heterocycles. The molecule has 0 aromatic carbocycles. The Bertz CT molecular complexity index is 954. The molecule has 16 nitrogen and oxygen atoms in total. The van der Waals surface area contributed by atoms with Crippen molar-refractivity contribution in [1.82, 2.24) is 40.9 Å². The zero-order valence-corrected chi connectivity index (χ0v) is 24.7. The van der Waals surface area contributed by atoms with Gasteiger partial charge in [-0.3, -0.25) is 38.4 Å². The lowest BCUT2D eigenvalue weighted by Crippen LogP contribution is -2.55. The van der Waals surface area contributed by atoms with Crippen LogP contribution in [-0.4, -0.2) is 143 Å². The van der Waals surface area contributed by atoms with Crippen molar-refractivity contribution < 1.29 is 38.4 Å². The van der Waals surface area contributed by atoms with Gasteiger partial charge >= 0.3 is 0 Å². The molecule has 5 fully saturated rings. The van der Waals surface area contributed by atoms with Gasteiger partial charge in [-0.2, -0.15) is 0 Å². The molecule has 0 radical (unpaired) electrons. The summed E-state index contributed by atoms with van der Waals surface area (Å²) < 4.78 is 0. The molecule has 8 amide bonds. The third-order valence-corrected chi connectivity index (χ3v) is 9.16. The number of nitrogens with one attached hydrogen (secondary N) is 4. The van der Waals surface area contributed by atoms with E-state index in [1.807, 2.05) is 0 Å². The number of carbonyl (C=O) groups is 8. The number of nitrogens with zero attached hydrogens (tertiary/aromatic N) is 4. The summed E-state index contributed by atoms with van der Waals surface area (Å²) >= 11 is 0. The predicted octanol–water partition coefficient (Wildman–Crippen LogP) is -3.57. The first-order valence-electron chi connectivity index (χ1n) is 15.4. The number of hydrogen-bond donors (Lipinski definition) is 4. The van der Waals surface area contributed by atoms with Crippen molar-refractivity contribution in [2.75, 3.05) is 52.4 Å². The van der Waals surface area contributed by atoms with Crippen LogP contribution in [0.1, 0.15) is 51.4 Å². The van der Waals surface area contributed by atoms with Gasteiger partial charge in [0.15, 0.2) is 0 Å². The maximum absolute atomic E-state index is 13.0. The van der Waals surface area contributed by atoms with Crippen LogP contribution >= 0.6 is 0 Å². The number of carbonyl (C=O) groups excluding carboxylic acids is 8. The number of fused-ring (bicyclic) bond motifs is 4. The van der Waals surface area contributed by atoms with Gasteiger partial charge in [0.2, 0.25) is 47.3 Å². The van der Waals surface area contributed by atoms with Crippen LogP contribution in [0, 0.1) is 0 Å². The van der Waals surface area contributed by atoms with Crippen LogP contribution in [0.4, 0.5) is 0 Å². The zero-order valence-electron chi connectivity index (χ0n) is 24.7. The molecule has 0 aromatic rings. The van der Waals surface area contributed by atoms with Crippen LogP contribution in [0.5, 0.6) is 0 Å². The quantitative estimate of drug-likeness (QED) is 0.214. The first-order valence-corrected chi connectivity index (χ1v) is 15.4. The molecular weight excluding hydrogens is 576 g/mol. The van der Waals surface area contributed by atoms with Gasteiger partial charge in [-0.15, -0.1) is 0 Å². The molecular formula is C28H40N8O8. The second-order valence-electron chi connectivity index (χ2n) is 11.9. The fourth-order valence-electron chi connectivity index (χ4n) is 6.88. The van der Waals surface area contributed by atoms with E-state index < -0.39 is 71.4 Å². The maximum atomic E-state index is 13.0. The summed E-state index contributed by atoms with van der Waals surface area (Å²) in [7, 11) is 0. The monoisotopic (exact) mass is 616 g/mol. The Morgan fingerprint density at radius 1 is 0.364 bits per heavy atom. The van der Waals surface area contributed by atoms with E-state index in [0.29, 0.717) is 77.5 Å². The largest absolute Gasteiger partial charge is 0.345 e. The van der Waals surface area contributed by atoms with Crippen molar-refractivity contribution >= 4 is 47.3 Å². The van der Waals surface area contributed by atoms with Gasteiger partial charge in [-0.1, -0.05) is 0 Å². The number of amides is 8. The third kappa shape index (κ3) is 6.63.